The maximum absolute atomic E-state index is 13.4. The minimum atomic E-state index is -0.586. The van der Waals surface area contributed by atoms with Gasteiger partial charge in [-0.05, 0) is 60.0 Å². The molecule has 192 valence electrons. The maximum Gasteiger partial charge on any atom is 0.228 e. The number of ether oxygens (including phenoxy) is 2. The molecule has 1 fully saturated rings. The number of nitrogens with one attached hydrogen (secondary N) is 2. The van der Waals surface area contributed by atoms with E-state index in [-0.39, 0.29) is 55.6 Å². The van der Waals surface area contributed by atoms with Crippen molar-refractivity contribution in [1.29, 1.82) is 0 Å². The number of aliphatic hydroxyl groups excluding tert-OH is 1. The van der Waals surface area contributed by atoms with Crippen molar-refractivity contribution >= 4 is 17.5 Å². The smallest absolute Gasteiger partial charge is 0.228 e. The summed E-state index contributed by atoms with van der Waals surface area (Å²) in [6.45, 7) is -0.0284. The molecule has 2 aliphatic heterocycles. The first-order valence-corrected chi connectivity index (χ1v) is 12.3. The Balaban J connectivity index is 1.23. The van der Waals surface area contributed by atoms with Gasteiger partial charge < -0.3 is 25.2 Å². The van der Waals surface area contributed by atoms with Gasteiger partial charge in [-0.3, -0.25) is 14.6 Å². The van der Waals surface area contributed by atoms with E-state index in [2.05, 4.69) is 15.6 Å². The van der Waals surface area contributed by atoms with Crippen LogP contribution in [-0.2, 0) is 27.3 Å². The first-order chi connectivity index (χ1) is 18.0. The summed E-state index contributed by atoms with van der Waals surface area (Å²) in [5.74, 6) is -0.137. The van der Waals surface area contributed by atoms with E-state index in [0.29, 0.717) is 23.4 Å². The SMILES string of the molecule is O=C(C[C@@H]1C[C@@H]2c3cc(NC(=O)Cc4ccncc4)ccc3O[C@@H]2[C@@H](CO)O1)NCc1cccc(F)c1. The van der Waals surface area contributed by atoms with Gasteiger partial charge in [0.15, 0.2) is 0 Å². The Morgan fingerprint density at radius 2 is 1.89 bits per heavy atom. The van der Waals surface area contributed by atoms with Gasteiger partial charge in [-0.1, -0.05) is 12.1 Å². The number of rotatable bonds is 8. The third-order valence-corrected chi connectivity index (χ3v) is 6.69. The summed E-state index contributed by atoms with van der Waals surface area (Å²) in [4.78, 5) is 29.1. The lowest BCUT2D eigenvalue weighted by atomic mass is 9.84. The number of benzene rings is 2. The minimum absolute atomic E-state index is 0.0982. The zero-order valence-electron chi connectivity index (χ0n) is 20.1. The van der Waals surface area contributed by atoms with E-state index in [1.54, 1.807) is 42.7 Å². The molecule has 2 aromatic carbocycles. The number of carbonyl (C=O) groups is 2. The molecule has 9 heteroatoms. The molecule has 0 radical (unpaired) electrons. The molecule has 2 aliphatic rings. The molecule has 37 heavy (non-hydrogen) atoms. The van der Waals surface area contributed by atoms with Crippen LogP contribution in [0.3, 0.4) is 0 Å². The van der Waals surface area contributed by atoms with E-state index in [9.17, 15) is 19.1 Å². The molecule has 3 aromatic rings. The highest BCUT2D eigenvalue weighted by Gasteiger charge is 2.46. The molecule has 3 heterocycles. The molecule has 0 unspecified atom stereocenters. The van der Waals surface area contributed by atoms with Crippen LogP contribution in [0.5, 0.6) is 5.75 Å². The van der Waals surface area contributed by atoms with Gasteiger partial charge >= 0.3 is 0 Å². The fraction of sp³-hybridized carbons (Fsp3) is 0.321. The first-order valence-electron chi connectivity index (χ1n) is 12.3. The second-order valence-electron chi connectivity index (χ2n) is 9.35. The molecule has 0 bridgehead atoms. The van der Waals surface area contributed by atoms with E-state index in [1.165, 1.54) is 12.1 Å². The lowest BCUT2D eigenvalue weighted by Gasteiger charge is -2.37. The van der Waals surface area contributed by atoms with Crippen molar-refractivity contribution in [2.45, 2.75) is 50.0 Å². The van der Waals surface area contributed by atoms with Crippen LogP contribution < -0.4 is 15.4 Å². The average molecular weight is 506 g/mol. The predicted octanol–water partition coefficient (Wildman–Crippen LogP) is 3.10. The number of fused-ring (bicyclic) bond motifs is 3. The largest absolute Gasteiger partial charge is 0.487 e. The molecule has 2 amide bonds. The minimum Gasteiger partial charge on any atom is -0.487 e. The van der Waals surface area contributed by atoms with Crippen molar-refractivity contribution in [3.8, 4) is 5.75 Å². The van der Waals surface area contributed by atoms with E-state index < -0.39 is 12.2 Å². The number of pyridine rings is 1. The number of anilines is 1. The van der Waals surface area contributed by atoms with Gasteiger partial charge in [0.05, 0.1) is 25.6 Å². The Kier molecular flexibility index (Phi) is 7.43. The fourth-order valence-electron chi connectivity index (χ4n) is 4.98. The molecule has 1 saturated heterocycles. The van der Waals surface area contributed by atoms with Crippen LogP contribution in [0.25, 0.3) is 0 Å². The van der Waals surface area contributed by atoms with E-state index in [1.807, 2.05) is 12.1 Å². The normalized spacial score (nSPS) is 21.9. The van der Waals surface area contributed by atoms with Gasteiger partial charge in [-0.25, -0.2) is 4.39 Å². The Labute approximate surface area is 213 Å². The highest BCUT2D eigenvalue weighted by Crippen LogP contribution is 2.47. The summed E-state index contributed by atoms with van der Waals surface area (Å²) in [6, 6.07) is 15.2. The molecular formula is C28H28FN3O5. The number of nitrogens with zero attached hydrogens (tertiary/aromatic N) is 1. The second-order valence-corrected chi connectivity index (χ2v) is 9.35. The number of hydrogen-bond donors (Lipinski definition) is 3. The summed E-state index contributed by atoms with van der Waals surface area (Å²) in [6.07, 6.45) is 2.77. The number of aromatic nitrogens is 1. The molecule has 1 aromatic heterocycles. The lowest BCUT2D eigenvalue weighted by Crippen LogP contribution is -2.47. The van der Waals surface area contributed by atoms with Crippen molar-refractivity contribution in [2.24, 2.45) is 0 Å². The lowest BCUT2D eigenvalue weighted by molar-refractivity contribution is -0.142. The van der Waals surface area contributed by atoms with Gasteiger partial charge in [-0.15, -0.1) is 0 Å². The van der Waals surface area contributed by atoms with Crippen molar-refractivity contribution < 1.29 is 28.6 Å². The van der Waals surface area contributed by atoms with Crippen LogP contribution in [0.1, 0.15) is 35.4 Å². The Morgan fingerprint density at radius 1 is 1.05 bits per heavy atom. The van der Waals surface area contributed by atoms with Crippen molar-refractivity contribution in [3.63, 3.8) is 0 Å². The quantitative estimate of drug-likeness (QED) is 0.434. The maximum atomic E-state index is 13.4. The Morgan fingerprint density at radius 3 is 2.68 bits per heavy atom. The molecule has 0 saturated carbocycles. The molecule has 8 nitrogen and oxygen atoms in total. The summed E-state index contributed by atoms with van der Waals surface area (Å²) in [5.41, 5.74) is 3.10. The third kappa shape index (κ3) is 5.95. The standard InChI is InChI=1S/C28H28FN3O5/c29-19-3-1-2-18(10-19)15-31-26(34)14-21-13-23-22-12-20(32-27(35)11-17-6-8-30-9-7-17)4-5-24(22)37-28(23)25(16-33)36-21/h1-10,12,21,23,25,28,33H,11,13-16H2,(H,31,34)(H,32,35)/t21-,23+,25+,28-/m0/s1. The van der Waals surface area contributed by atoms with Crippen LogP contribution in [0.15, 0.2) is 67.0 Å². The number of carbonyl (C=O) groups excluding carboxylic acids is 2. The van der Waals surface area contributed by atoms with Crippen LogP contribution in [0.4, 0.5) is 10.1 Å². The monoisotopic (exact) mass is 505 g/mol. The van der Waals surface area contributed by atoms with E-state index in [4.69, 9.17) is 9.47 Å². The molecular weight excluding hydrogens is 477 g/mol. The zero-order valence-corrected chi connectivity index (χ0v) is 20.1. The molecule has 0 aliphatic carbocycles. The van der Waals surface area contributed by atoms with Crippen molar-refractivity contribution in [3.05, 3.63) is 89.5 Å². The highest BCUT2D eigenvalue weighted by molar-refractivity contribution is 5.92. The summed E-state index contributed by atoms with van der Waals surface area (Å²) < 4.78 is 25.5. The highest BCUT2D eigenvalue weighted by atomic mass is 19.1. The average Bonchev–Trinajstić information content (AvgIpc) is 3.25. The topological polar surface area (TPSA) is 110 Å². The second kappa shape index (κ2) is 11.1. The fourth-order valence-corrected chi connectivity index (χ4v) is 4.98. The van der Waals surface area contributed by atoms with Crippen molar-refractivity contribution in [1.82, 2.24) is 10.3 Å². The van der Waals surface area contributed by atoms with E-state index >= 15 is 0 Å². The van der Waals surface area contributed by atoms with Crippen molar-refractivity contribution in [2.75, 3.05) is 11.9 Å². The number of halogens is 1. The van der Waals surface area contributed by atoms with Gasteiger partial charge in [0.25, 0.3) is 0 Å². The number of hydrogen-bond acceptors (Lipinski definition) is 6. The third-order valence-electron chi connectivity index (χ3n) is 6.69. The van der Waals surface area contributed by atoms with Crippen LogP contribution >= 0.6 is 0 Å². The van der Waals surface area contributed by atoms with Gasteiger partial charge in [0.2, 0.25) is 11.8 Å². The van der Waals surface area contributed by atoms with Gasteiger partial charge in [0, 0.05) is 36.1 Å². The molecule has 5 rings (SSSR count). The summed E-state index contributed by atoms with van der Waals surface area (Å²) >= 11 is 0. The Bertz CT molecular complexity index is 1270. The van der Waals surface area contributed by atoms with Crippen LogP contribution in [0.2, 0.25) is 0 Å². The summed E-state index contributed by atoms with van der Waals surface area (Å²) in [7, 11) is 0. The van der Waals surface area contributed by atoms with E-state index in [0.717, 1.165) is 11.1 Å². The molecule has 0 spiro atoms. The number of aliphatic hydroxyl groups is 1. The number of amides is 2. The Hall–Kier alpha value is -3.82. The van der Waals surface area contributed by atoms with Gasteiger partial charge in [0.1, 0.15) is 23.8 Å². The summed E-state index contributed by atoms with van der Waals surface area (Å²) in [5, 5.41) is 15.7. The predicted molar refractivity (Wildman–Crippen MR) is 133 cm³/mol. The van der Waals surface area contributed by atoms with Crippen LogP contribution in [-0.4, -0.2) is 46.8 Å². The first kappa shape index (κ1) is 24.9. The van der Waals surface area contributed by atoms with Gasteiger partial charge in [-0.2, -0.15) is 0 Å². The zero-order chi connectivity index (χ0) is 25.8. The molecule has 3 N–H and O–H groups in total. The van der Waals surface area contributed by atoms with Crippen LogP contribution in [0, 0.1) is 5.82 Å². The molecule has 4 atom stereocenters.